The summed E-state index contributed by atoms with van der Waals surface area (Å²) in [7, 11) is -1.06. The highest BCUT2D eigenvalue weighted by atomic mass is 35.5. The lowest BCUT2D eigenvalue weighted by molar-refractivity contribution is 0.0977. The van der Waals surface area contributed by atoms with Crippen molar-refractivity contribution in [3.05, 3.63) is 52.6 Å². The van der Waals surface area contributed by atoms with E-state index in [-0.39, 0.29) is 16.3 Å². The fourth-order valence-corrected chi connectivity index (χ4v) is 4.61. The molecule has 0 bridgehead atoms. The topological polar surface area (TPSA) is 90.3 Å². The first kappa shape index (κ1) is 18.4. The van der Waals surface area contributed by atoms with E-state index in [0.29, 0.717) is 15.7 Å². The van der Waals surface area contributed by atoms with Crippen LogP contribution in [0.3, 0.4) is 0 Å². The summed E-state index contributed by atoms with van der Waals surface area (Å²) in [6.45, 7) is 0. The van der Waals surface area contributed by atoms with E-state index in [1.165, 1.54) is 36.8 Å². The molecule has 0 spiro atoms. The first-order valence-electron chi connectivity index (χ1n) is 7.30. The van der Waals surface area contributed by atoms with E-state index in [0.717, 1.165) is 0 Å². The first-order valence-corrected chi connectivity index (χ1v) is 10.0. The number of carbonyl (C=O) groups excluding carboxylic acids is 1. The number of halogens is 1. The third-order valence-electron chi connectivity index (χ3n) is 3.51. The Balaban J connectivity index is 1.90. The molecule has 2 heterocycles. The number of ether oxygens (including phenoxy) is 1. The lowest BCUT2D eigenvalue weighted by atomic mass is 10.3. The zero-order valence-electron chi connectivity index (χ0n) is 13.8. The van der Waals surface area contributed by atoms with E-state index in [9.17, 15) is 13.2 Å². The van der Waals surface area contributed by atoms with Crippen molar-refractivity contribution in [3.63, 3.8) is 0 Å². The van der Waals surface area contributed by atoms with Crippen molar-refractivity contribution in [1.29, 1.82) is 0 Å². The number of methoxy groups -OCH3 is 1. The highest BCUT2D eigenvalue weighted by Crippen LogP contribution is 2.32. The van der Waals surface area contributed by atoms with Crippen molar-refractivity contribution in [2.45, 2.75) is 4.90 Å². The Bertz CT molecular complexity index is 1070. The predicted octanol–water partition coefficient (Wildman–Crippen LogP) is 2.93. The van der Waals surface area contributed by atoms with Crippen molar-refractivity contribution >= 4 is 38.9 Å². The molecule has 0 atom stereocenters. The fourth-order valence-electron chi connectivity index (χ4n) is 2.31. The van der Waals surface area contributed by atoms with Crippen molar-refractivity contribution in [3.8, 4) is 16.5 Å². The lowest BCUT2D eigenvalue weighted by Gasteiger charge is -2.09. The van der Waals surface area contributed by atoms with Crippen LogP contribution in [-0.4, -0.2) is 31.0 Å². The third-order valence-corrected chi connectivity index (χ3v) is 6.22. The number of imidazole rings is 1. The summed E-state index contributed by atoms with van der Waals surface area (Å²) in [6, 6.07) is 7.75. The van der Waals surface area contributed by atoms with Gasteiger partial charge in [-0.05, 0) is 23.6 Å². The summed E-state index contributed by atoms with van der Waals surface area (Å²) in [5.74, 6) is -0.227. The quantitative estimate of drug-likeness (QED) is 0.697. The minimum absolute atomic E-state index is 0.0366. The number of thiophene rings is 1. The number of rotatable bonds is 5. The monoisotopic (exact) mass is 411 g/mol. The maximum atomic E-state index is 12.5. The number of carbonyl (C=O) groups is 1. The highest BCUT2D eigenvalue weighted by molar-refractivity contribution is 7.90. The van der Waals surface area contributed by atoms with Gasteiger partial charge < -0.3 is 9.30 Å². The second-order valence-corrected chi connectivity index (χ2v) is 8.22. The average molecular weight is 412 g/mol. The lowest BCUT2D eigenvalue weighted by Crippen LogP contribution is -2.31. The number of benzene rings is 1. The van der Waals surface area contributed by atoms with Crippen LogP contribution in [0.1, 0.15) is 10.5 Å². The number of aryl methyl sites for hydroxylation is 1. The van der Waals surface area contributed by atoms with E-state index in [4.69, 9.17) is 16.3 Å². The van der Waals surface area contributed by atoms with Gasteiger partial charge in [0.1, 0.15) is 16.3 Å². The summed E-state index contributed by atoms with van der Waals surface area (Å²) in [4.78, 5) is 17.2. The first-order chi connectivity index (χ1) is 12.3. The largest absolute Gasteiger partial charge is 0.495 e. The molecule has 3 rings (SSSR count). The second kappa shape index (κ2) is 7.10. The van der Waals surface area contributed by atoms with Crippen LogP contribution in [0.4, 0.5) is 0 Å². The van der Waals surface area contributed by atoms with Gasteiger partial charge in [-0.3, -0.25) is 4.79 Å². The van der Waals surface area contributed by atoms with Gasteiger partial charge in [-0.15, -0.1) is 11.3 Å². The van der Waals surface area contributed by atoms with Gasteiger partial charge in [-0.1, -0.05) is 23.7 Å². The molecular weight excluding hydrogens is 398 g/mol. The molecule has 1 aromatic carbocycles. The Morgan fingerprint density at radius 1 is 1.31 bits per heavy atom. The molecule has 3 aromatic rings. The van der Waals surface area contributed by atoms with E-state index >= 15 is 0 Å². The molecule has 1 amide bonds. The SMILES string of the molecule is COc1ccccc1S(=O)(=O)NC(=O)c1cn(C)c(-c2sccc2Cl)n1. The Morgan fingerprint density at radius 3 is 2.69 bits per heavy atom. The smallest absolute Gasteiger partial charge is 0.285 e. The molecule has 10 heteroatoms. The molecule has 0 radical (unpaired) electrons. The predicted molar refractivity (Wildman–Crippen MR) is 99.2 cm³/mol. The molecule has 0 aliphatic rings. The van der Waals surface area contributed by atoms with E-state index in [1.807, 2.05) is 4.72 Å². The van der Waals surface area contributed by atoms with Crippen LogP contribution in [0.2, 0.25) is 5.02 Å². The Labute approximate surface area is 159 Å². The van der Waals surface area contributed by atoms with Crippen molar-refractivity contribution < 1.29 is 17.9 Å². The normalized spacial score (nSPS) is 11.3. The number of hydrogen-bond donors (Lipinski definition) is 1. The van der Waals surface area contributed by atoms with E-state index in [1.54, 1.807) is 35.2 Å². The van der Waals surface area contributed by atoms with Crippen molar-refractivity contribution in [2.75, 3.05) is 7.11 Å². The second-order valence-electron chi connectivity index (χ2n) is 5.24. The van der Waals surface area contributed by atoms with E-state index < -0.39 is 15.9 Å². The van der Waals surface area contributed by atoms with Crippen molar-refractivity contribution in [2.24, 2.45) is 7.05 Å². The maximum absolute atomic E-state index is 12.5. The summed E-state index contributed by atoms with van der Waals surface area (Å²) < 4.78 is 33.7. The van der Waals surface area contributed by atoms with Crippen LogP contribution in [-0.2, 0) is 17.1 Å². The fraction of sp³-hybridized carbons (Fsp3) is 0.125. The number of nitrogens with zero attached hydrogens (tertiary/aromatic N) is 2. The van der Waals surface area contributed by atoms with Gasteiger partial charge >= 0.3 is 0 Å². The molecule has 0 aliphatic heterocycles. The van der Waals surface area contributed by atoms with Crippen LogP contribution >= 0.6 is 22.9 Å². The summed E-state index contributed by atoms with van der Waals surface area (Å²) in [5, 5.41) is 2.32. The van der Waals surface area contributed by atoms with Gasteiger partial charge in [-0.2, -0.15) is 0 Å². The zero-order chi connectivity index (χ0) is 18.9. The number of nitrogens with one attached hydrogen (secondary N) is 1. The van der Waals surface area contributed by atoms with Crippen LogP contribution in [0.5, 0.6) is 5.75 Å². The molecule has 1 N–H and O–H groups in total. The Morgan fingerprint density at radius 2 is 2.04 bits per heavy atom. The van der Waals surface area contributed by atoms with Gasteiger partial charge in [0.15, 0.2) is 5.82 Å². The van der Waals surface area contributed by atoms with Crippen LogP contribution in [0.15, 0.2) is 46.8 Å². The van der Waals surface area contributed by atoms with Gasteiger partial charge in [0.05, 0.1) is 17.0 Å². The molecular formula is C16H14ClN3O4S2. The highest BCUT2D eigenvalue weighted by Gasteiger charge is 2.24. The number of amides is 1. The number of hydrogen-bond acceptors (Lipinski definition) is 6. The van der Waals surface area contributed by atoms with E-state index in [2.05, 4.69) is 4.98 Å². The van der Waals surface area contributed by atoms with Crippen LogP contribution in [0.25, 0.3) is 10.7 Å². The molecule has 0 unspecified atom stereocenters. The minimum atomic E-state index is -4.11. The number of sulfonamides is 1. The molecule has 0 fully saturated rings. The van der Waals surface area contributed by atoms with Gasteiger partial charge in [-0.25, -0.2) is 18.1 Å². The molecule has 0 saturated heterocycles. The van der Waals surface area contributed by atoms with Gasteiger partial charge in [0.2, 0.25) is 0 Å². The Hall–Kier alpha value is -2.36. The summed E-state index contributed by atoms with van der Waals surface area (Å²) in [5.41, 5.74) is -0.0366. The minimum Gasteiger partial charge on any atom is -0.495 e. The maximum Gasteiger partial charge on any atom is 0.285 e. The number of para-hydroxylation sites is 1. The standard InChI is InChI=1S/C16H14ClN3O4S2/c1-20-9-11(18-15(20)14-10(17)7-8-25-14)16(21)19-26(22,23)13-6-4-3-5-12(13)24-2/h3-9H,1-2H3,(H,19,21). The zero-order valence-corrected chi connectivity index (χ0v) is 16.2. The summed E-state index contributed by atoms with van der Waals surface area (Å²) in [6.07, 6.45) is 1.44. The molecule has 7 nitrogen and oxygen atoms in total. The molecule has 0 aliphatic carbocycles. The molecule has 2 aromatic heterocycles. The molecule has 26 heavy (non-hydrogen) atoms. The van der Waals surface area contributed by atoms with Crippen LogP contribution < -0.4 is 9.46 Å². The van der Waals surface area contributed by atoms with Gasteiger partial charge in [0.25, 0.3) is 15.9 Å². The summed E-state index contributed by atoms with van der Waals surface area (Å²) >= 11 is 7.48. The average Bonchev–Trinajstić information content (AvgIpc) is 3.19. The van der Waals surface area contributed by atoms with Gasteiger partial charge in [0, 0.05) is 13.2 Å². The van der Waals surface area contributed by atoms with Crippen molar-refractivity contribution in [1.82, 2.24) is 14.3 Å². The Kier molecular flexibility index (Phi) is 5.03. The molecule has 0 saturated carbocycles. The third kappa shape index (κ3) is 3.46. The number of aromatic nitrogens is 2. The molecule has 136 valence electrons. The van der Waals surface area contributed by atoms with Crippen LogP contribution in [0, 0.1) is 0 Å².